The van der Waals surface area contributed by atoms with E-state index in [1.807, 2.05) is 0 Å². The third-order valence-electron chi connectivity index (χ3n) is 3.09. The van der Waals surface area contributed by atoms with Crippen LogP contribution in [0.5, 0.6) is 5.75 Å². The first-order chi connectivity index (χ1) is 11.3. The molecule has 0 bridgehead atoms. The molecule has 9 heteroatoms. The van der Waals surface area contributed by atoms with Gasteiger partial charge < -0.3 is 10.5 Å². The van der Waals surface area contributed by atoms with Gasteiger partial charge in [-0.3, -0.25) is 0 Å². The molecular weight excluding hydrogens is 328 g/mol. The van der Waals surface area contributed by atoms with Gasteiger partial charge in [0.25, 0.3) is 0 Å². The number of rotatable bonds is 3. The Morgan fingerprint density at radius 1 is 1.04 bits per heavy atom. The minimum absolute atomic E-state index is 0.0133. The molecule has 0 aliphatic heterocycles. The second-order valence-corrected chi connectivity index (χ2v) is 4.79. The normalized spacial score (nSPS) is 11.5. The Morgan fingerprint density at radius 3 is 2.38 bits per heavy atom. The van der Waals surface area contributed by atoms with Crippen molar-refractivity contribution in [2.24, 2.45) is 0 Å². The van der Waals surface area contributed by atoms with E-state index in [-0.39, 0.29) is 17.3 Å². The molecule has 1 aromatic heterocycles. The molecule has 0 saturated carbocycles. The zero-order valence-corrected chi connectivity index (χ0v) is 12.0. The van der Waals surface area contributed by atoms with Crippen molar-refractivity contribution in [2.75, 3.05) is 5.73 Å². The maximum Gasteiger partial charge on any atom is 0.573 e. The van der Waals surface area contributed by atoms with Crippen molar-refractivity contribution in [3.05, 3.63) is 54.6 Å². The summed E-state index contributed by atoms with van der Waals surface area (Å²) >= 11 is 0. The second-order valence-electron chi connectivity index (χ2n) is 4.79. The van der Waals surface area contributed by atoms with Crippen molar-refractivity contribution in [3.8, 4) is 22.8 Å². The third-order valence-corrected chi connectivity index (χ3v) is 3.09. The van der Waals surface area contributed by atoms with Gasteiger partial charge in [-0.15, -0.1) is 18.3 Å². The molecule has 3 aromatic rings. The number of nitrogens with zero attached hydrogens (tertiary/aromatic N) is 3. The predicted octanol–water partition coefficient (Wildman–Crippen LogP) is 3.55. The molecule has 0 aliphatic rings. The lowest BCUT2D eigenvalue weighted by atomic mass is 10.2. The number of ether oxygens (including phenoxy) is 1. The average molecular weight is 338 g/mol. The fourth-order valence-corrected chi connectivity index (χ4v) is 1.98. The van der Waals surface area contributed by atoms with Gasteiger partial charge in [-0.2, -0.15) is 0 Å². The topological polar surface area (TPSA) is 66.0 Å². The SMILES string of the molecule is Nc1ccc(-n2cnc(-c3ccc(OC(F)(F)F)cc3)n2)cc1F. The van der Waals surface area contributed by atoms with Crippen molar-refractivity contribution in [3.63, 3.8) is 0 Å². The summed E-state index contributed by atoms with van der Waals surface area (Å²) in [5, 5.41) is 4.16. The van der Waals surface area contributed by atoms with Gasteiger partial charge in [-0.1, -0.05) is 0 Å². The highest BCUT2D eigenvalue weighted by Crippen LogP contribution is 2.25. The molecule has 0 spiro atoms. The standard InChI is InChI=1S/C15H10F4N4O/c16-12-7-10(3-6-13(12)20)23-8-21-14(22-23)9-1-4-11(5-2-9)24-15(17,18)19/h1-8H,20H2. The Morgan fingerprint density at radius 2 is 1.75 bits per heavy atom. The smallest absolute Gasteiger partial charge is 0.406 e. The molecular formula is C15H10F4N4O. The minimum atomic E-state index is -4.75. The largest absolute Gasteiger partial charge is 0.573 e. The van der Waals surface area contributed by atoms with Crippen molar-refractivity contribution < 1.29 is 22.3 Å². The summed E-state index contributed by atoms with van der Waals surface area (Å²) in [6.07, 6.45) is -3.39. The molecule has 2 aromatic carbocycles. The minimum Gasteiger partial charge on any atom is -0.406 e. The lowest BCUT2D eigenvalue weighted by molar-refractivity contribution is -0.274. The van der Waals surface area contributed by atoms with Crippen LogP contribution in [0, 0.1) is 5.82 Å². The van der Waals surface area contributed by atoms with E-state index >= 15 is 0 Å². The van der Waals surface area contributed by atoms with Crippen LogP contribution in [0.4, 0.5) is 23.2 Å². The first kappa shape index (κ1) is 15.8. The molecule has 0 radical (unpaired) electrons. The summed E-state index contributed by atoms with van der Waals surface area (Å²) in [6.45, 7) is 0. The number of anilines is 1. The Kier molecular flexibility index (Phi) is 3.84. The summed E-state index contributed by atoms with van der Waals surface area (Å²) in [5.41, 5.74) is 6.32. The van der Waals surface area contributed by atoms with Crippen LogP contribution in [-0.2, 0) is 0 Å². The molecule has 0 unspecified atom stereocenters. The number of nitrogen functional groups attached to an aromatic ring is 1. The molecule has 0 atom stereocenters. The summed E-state index contributed by atoms with van der Waals surface area (Å²) in [7, 11) is 0. The second kappa shape index (κ2) is 5.84. The van der Waals surface area contributed by atoms with E-state index in [9.17, 15) is 17.6 Å². The summed E-state index contributed by atoms with van der Waals surface area (Å²) in [4.78, 5) is 4.05. The monoisotopic (exact) mass is 338 g/mol. The van der Waals surface area contributed by atoms with Gasteiger partial charge in [-0.25, -0.2) is 14.1 Å². The number of halogens is 4. The fourth-order valence-electron chi connectivity index (χ4n) is 1.98. The first-order valence-corrected chi connectivity index (χ1v) is 6.65. The van der Waals surface area contributed by atoms with E-state index in [1.165, 1.54) is 35.3 Å². The molecule has 0 fully saturated rings. The lowest BCUT2D eigenvalue weighted by Crippen LogP contribution is -2.16. The number of alkyl halides is 3. The Labute approximate surface area is 133 Å². The number of benzene rings is 2. The van der Waals surface area contributed by atoms with Crippen LogP contribution >= 0.6 is 0 Å². The number of hydrogen-bond donors (Lipinski definition) is 1. The van der Waals surface area contributed by atoms with Crippen LogP contribution in [0.15, 0.2) is 48.8 Å². The summed E-state index contributed by atoms with van der Waals surface area (Å²) in [5.74, 6) is -0.657. The van der Waals surface area contributed by atoms with Crippen LogP contribution in [0.25, 0.3) is 17.1 Å². The zero-order valence-electron chi connectivity index (χ0n) is 12.0. The lowest BCUT2D eigenvalue weighted by Gasteiger charge is -2.08. The molecule has 3 rings (SSSR count). The molecule has 0 amide bonds. The summed E-state index contributed by atoms with van der Waals surface area (Å²) in [6, 6.07) is 9.27. The number of aromatic nitrogens is 3. The zero-order chi connectivity index (χ0) is 17.3. The Balaban J connectivity index is 1.84. The predicted molar refractivity (Wildman–Crippen MR) is 77.8 cm³/mol. The van der Waals surface area contributed by atoms with Gasteiger partial charge in [0.1, 0.15) is 17.9 Å². The first-order valence-electron chi connectivity index (χ1n) is 6.65. The van der Waals surface area contributed by atoms with Crippen LogP contribution < -0.4 is 10.5 Å². The molecule has 2 N–H and O–H groups in total. The van der Waals surface area contributed by atoms with E-state index in [4.69, 9.17) is 5.73 Å². The molecule has 0 aliphatic carbocycles. The van der Waals surface area contributed by atoms with E-state index in [1.54, 1.807) is 6.07 Å². The molecule has 1 heterocycles. The fraction of sp³-hybridized carbons (Fsp3) is 0.0667. The average Bonchev–Trinajstić information content (AvgIpc) is 2.99. The van der Waals surface area contributed by atoms with Crippen molar-refractivity contribution >= 4 is 5.69 Å². The van der Waals surface area contributed by atoms with E-state index < -0.39 is 12.2 Å². The van der Waals surface area contributed by atoms with Gasteiger partial charge in [-0.05, 0) is 36.4 Å². The highest BCUT2D eigenvalue weighted by Gasteiger charge is 2.31. The number of hydrogen-bond acceptors (Lipinski definition) is 4. The van der Waals surface area contributed by atoms with Crippen molar-refractivity contribution in [1.29, 1.82) is 0 Å². The Bertz CT molecular complexity index is 859. The van der Waals surface area contributed by atoms with Gasteiger partial charge in [0, 0.05) is 11.6 Å². The van der Waals surface area contributed by atoms with E-state index in [0.29, 0.717) is 11.3 Å². The van der Waals surface area contributed by atoms with Gasteiger partial charge >= 0.3 is 6.36 Å². The molecule has 5 nitrogen and oxygen atoms in total. The molecule has 124 valence electrons. The van der Waals surface area contributed by atoms with Gasteiger partial charge in [0.2, 0.25) is 0 Å². The van der Waals surface area contributed by atoms with Crippen LogP contribution in [-0.4, -0.2) is 21.1 Å². The third kappa shape index (κ3) is 3.45. The highest BCUT2D eigenvalue weighted by atomic mass is 19.4. The van der Waals surface area contributed by atoms with Crippen molar-refractivity contribution in [1.82, 2.24) is 14.8 Å². The Hall–Kier alpha value is -3.10. The van der Waals surface area contributed by atoms with Gasteiger partial charge in [0.15, 0.2) is 5.82 Å². The maximum atomic E-state index is 13.5. The summed E-state index contributed by atoms with van der Waals surface area (Å²) < 4.78 is 55.0. The van der Waals surface area contributed by atoms with E-state index in [0.717, 1.165) is 12.1 Å². The molecule has 0 saturated heterocycles. The van der Waals surface area contributed by atoms with Crippen LogP contribution in [0.2, 0.25) is 0 Å². The quantitative estimate of drug-likeness (QED) is 0.586. The van der Waals surface area contributed by atoms with Crippen LogP contribution in [0.1, 0.15) is 0 Å². The van der Waals surface area contributed by atoms with Crippen molar-refractivity contribution in [2.45, 2.75) is 6.36 Å². The molecule has 24 heavy (non-hydrogen) atoms. The van der Waals surface area contributed by atoms with E-state index in [2.05, 4.69) is 14.8 Å². The van der Waals surface area contributed by atoms with Gasteiger partial charge in [0.05, 0.1) is 11.4 Å². The number of nitrogens with two attached hydrogens (primary N) is 1. The highest BCUT2D eigenvalue weighted by molar-refractivity contribution is 5.56. The maximum absolute atomic E-state index is 13.5. The van der Waals surface area contributed by atoms with Crippen LogP contribution in [0.3, 0.4) is 0 Å².